The van der Waals surface area contributed by atoms with Gasteiger partial charge in [-0.15, -0.1) is 0 Å². The molecular weight excluding hydrogens is 344 g/mol. The van der Waals surface area contributed by atoms with Crippen molar-refractivity contribution in [3.63, 3.8) is 0 Å². The number of rotatable bonds is 0. The van der Waals surface area contributed by atoms with Gasteiger partial charge in [-0.05, 0) is 42.4 Å². The van der Waals surface area contributed by atoms with E-state index in [0.717, 1.165) is 26.5 Å². The van der Waals surface area contributed by atoms with Gasteiger partial charge in [0.25, 0.3) is 0 Å². The van der Waals surface area contributed by atoms with Crippen LogP contribution in [0.3, 0.4) is 0 Å². The molecule has 0 saturated carbocycles. The maximum absolute atomic E-state index is 12.3. The fraction of sp³-hybridized carbons (Fsp3) is 0.500. The second-order valence-electron chi connectivity index (χ2n) is 5.67. The van der Waals surface area contributed by atoms with Crippen molar-refractivity contribution < 1.29 is 4.79 Å². The summed E-state index contributed by atoms with van der Waals surface area (Å²) in [4.78, 5) is 12.3. The van der Waals surface area contributed by atoms with Crippen molar-refractivity contribution in [2.45, 2.75) is 40.5 Å². The van der Waals surface area contributed by atoms with Crippen molar-refractivity contribution in [2.24, 2.45) is 5.41 Å². The van der Waals surface area contributed by atoms with Crippen LogP contribution in [0.4, 0.5) is 0 Å². The lowest BCUT2D eigenvalue weighted by Crippen LogP contribution is -2.28. The van der Waals surface area contributed by atoms with Gasteiger partial charge in [0, 0.05) is 20.9 Å². The summed E-state index contributed by atoms with van der Waals surface area (Å²) >= 11 is 7.23. The molecule has 2 rings (SSSR count). The molecule has 1 aliphatic rings. The Morgan fingerprint density at radius 3 is 2.18 bits per heavy atom. The van der Waals surface area contributed by atoms with E-state index in [1.807, 2.05) is 6.92 Å². The zero-order chi connectivity index (χ0) is 13.0. The van der Waals surface area contributed by atoms with Gasteiger partial charge in [0.2, 0.25) is 0 Å². The predicted molar refractivity (Wildman–Crippen MR) is 77.7 cm³/mol. The number of hydrogen-bond donors (Lipinski definition) is 0. The van der Waals surface area contributed by atoms with Crippen molar-refractivity contribution in [1.82, 2.24) is 0 Å². The van der Waals surface area contributed by atoms with Gasteiger partial charge in [-0.25, -0.2) is 0 Å². The van der Waals surface area contributed by atoms with Gasteiger partial charge in [0.05, 0.1) is 0 Å². The Morgan fingerprint density at radius 1 is 1.00 bits per heavy atom. The summed E-state index contributed by atoms with van der Waals surface area (Å²) in [5, 5.41) is 0. The van der Waals surface area contributed by atoms with Gasteiger partial charge >= 0.3 is 0 Å². The first kappa shape index (κ1) is 13.3. The molecule has 0 radical (unpaired) electrons. The summed E-state index contributed by atoms with van der Waals surface area (Å²) in [6, 6.07) is 0. The molecule has 0 fully saturated rings. The number of halogens is 2. The number of ketones is 1. The Kier molecular flexibility index (Phi) is 3.28. The van der Waals surface area contributed by atoms with Gasteiger partial charge in [-0.1, -0.05) is 45.7 Å². The standard InChI is InChI=1S/C14H16Br2O/c1-7-11-9(13(16)8(2)12(7)15)5-14(3,4)6-10(11)17/h5-6H2,1-4H3. The van der Waals surface area contributed by atoms with Gasteiger partial charge in [0.1, 0.15) is 0 Å². The number of Topliss-reactive ketones (excluding diaryl/α,β-unsaturated/α-hetero) is 1. The highest BCUT2D eigenvalue weighted by Gasteiger charge is 2.34. The highest BCUT2D eigenvalue weighted by Crippen LogP contribution is 2.43. The van der Waals surface area contributed by atoms with Crippen molar-refractivity contribution >= 4 is 37.6 Å². The van der Waals surface area contributed by atoms with Crippen LogP contribution in [-0.2, 0) is 6.42 Å². The summed E-state index contributed by atoms with van der Waals surface area (Å²) in [6.45, 7) is 8.42. The van der Waals surface area contributed by atoms with E-state index in [0.29, 0.717) is 6.42 Å². The highest BCUT2D eigenvalue weighted by molar-refractivity contribution is 9.11. The minimum Gasteiger partial charge on any atom is -0.294 e. The Labute approximate surface area is 119 Å². The summed E-state index contributed by atoms with van der Waals surface area (Å²) in [6.07, 6.45) is 1.60. The fourth-order valence-corrected chi connectivity index (χ4v) is 3.86. The number of carbonyl (C=O) groups excluding carboxylic acids is 1. The first-order valence-electron chi connectivity index (χ1n) is 5.75. The van der Waals surface area contributed by atoms with Crippen LogP contribution in [0.15, 0.2) is 8.95 Å². The molecule has 92 valence electrons. The Bertz CT molecular complexity index is 516. The topological polar surface area (TPSA) is 17.1 Å². The molecule has 1 aromatic carbocycles. The largest absolute Gasteiger partial charge is 0.294 e. The van der Waals surface area contributed by atoms with E-state index < -0.39 is 0 Å². The molecule has 0 bridgehead atoms. The molecule has 1 nitrogen and oxygen atoms in total. The minimum absolute atomic E-state index is 0.0688. The van der Waals surface area contributed by atoms with Crippen molar-refractivity contribution in [3.8, 4) is 0 Å². The second kappa shape index (κ2) is 4.20. The second-order valence-corrected chi connectivity index (χ2v) is 7.26. The van der Waals surface area contributed by atoms with E-state index in [9.17, 15) is 4.79 Å². The highest BCUT2D eigenvalue weighted by atomic mass is 79.9. The normalized spacial score (nSPS) is 18.1. The Balaban J connectivity index is 2.77. The summed E-state index contributed by atoms with van der Waals surface area (Å²) in [5.74, 6) is 0.273. The van der Waals surface area contributed by atoms with E-state index in [2.05, 4.69) is 52.6 Å². The van der Waals surface area contributed by atoms with E-state index in [1.165, 1.54) is 11.1 Å². The maximum atomic E-state index is 12.3. The molecule has 1 aliphatic carbocycles. The van der Waals surface area contributed by atoms with E-state index >= 15 is 0 Å². The fourth-order valence-electron chi connectivity index (χ4n) is 2.66. The first-order chi connectivity index (χ1) is 7.74. The molecule has 0 spiro atoms. The third kappa shape index (κ3) is 2.12. The Morgan fingerprint density at radius 2 is 1.59 bits per heavy atom. The number of benzene rings is 1. The van der Waals surface area contributed by atoms with E-state index in [4.69, 9.17) is 0 Å². The van der Waals surface area contributed by atoms with Crippen LogP contribution in [0.25, 0.3) is 0 Å². The average Bonchev–Trinajstić information content (AvgIpc) is 2.21. The molecule has 0 saturated heterocycles. The summed E-state index contributed by atoms with van der Waals surface area (Å²) in [5.41, 5.74) is 4.45. The molecule has 0 atom stereocenters. The smallest absolute Gasteiger partial charge is 0.164 e. The molecular formula is C14H16Br2O. The summed E-state index contributed by atoms with van der Waals surface area (Å²) in [7, 11) is 0. The van der Waals surface area contributed by atoms with Crippen molar-refractivity contribution in [1.29, 1.82) is 0 Å². The van der Waals surface area contributed by atoms with Crippen molar-refractivity contribution in [2.75, 3.05) is 0 Å². The molecule has 17 heavy (non-hydrogen) atoms. The first-order valence-corrected chi connectivity index (χ1v) is 7.33. The molecule has 1 aromatic rings. The third-order valence-electron chi connectivity index (χ3n) is 3.50. The van der Waals surface area contributed by atoms with Gasteiger partial charge < -0.3 is 0 Å². The molecule has 0 heterocycles. The molecule has 0 aliphatic heterocycles. The van der Waals surface area contributed by atoms with E-state index in [-0.39, 0.29) is 11.2 Å². The van der Waals surface area contributed by atoms with Crippen LogP contribution < -0.4 is 0 Å². The lowest BCUT2D eigenvalue weighted by Gasteiger charge is -2.32. The van der Waals surface area contributed by atoms with Crippen LogP contribution in [0.1, 0.15) is 47.3 Å². The molecule has 0 amide bonds. The molecule has 3 heteroatoms. The monoisotopic (exact) mass is 358 g/mol. The van der Waals surface area contributed by atoms with Crippen LogP contribution >= 0.6 is 31.9 Å². The zero-order valence-corrected chi connectivity index (χ0v) is 13.8. The van der Waals surface area contributed by atoms with Crippen LogP contribution in [0, 0.1) is 19.3 Å². The third-order valence-corrected chi connectivity index (χ3v) is 5.77. The molecule has 0 unspecified atom stereocenters. The number of carbonyl (C=O) groups is 1. The maximum Gasteiger partial charge on any atom is 0.164 e. The van der Waals surface area contributed by atoms with E-state index in [1.54, 1.807) is 0 Å². The predicted octanol–water partition coefficient (Wildman–Crippen LogP) is 4.98. The SMILES string of the molecule is Cc1c(Br)c(C)c2c(c1Br)CC(C)(C)CC2=O. The Hall–Kier alpha value is -0.150. The lowest BCUT2D eigenvalue weighted by molar-refractivity contribution is 0.0911. The van der Waals surface area contributed by atoms with Gasteiger partial charge in [-0.3, -0.25) is 4.79 Å². The quantitative estimate of drug-likeness (QED) is 0.638. The van der Waals surface area contributed by atoms with Crippen LogP contribution in [0.5, 0.6) is 0 Å². The van der Waals surface area contributed by atoms with Gasteiger partial charge in [-0.2, -0.15) is 0 Å². The van der Waals surface area contributed by atoms with Crippen LogP contribution in [-0.4, -0.2) is 5.78 Å². The molecule has 0 aromatic heterocycles. The molecule has 0 N–H and O–H groups in total. The average molecular weight is 360 g/mol. The minimum atomic E-state index is 0.0688. The van der Waals surface area contributed by atoms with Crippen molar-refractivity contribution in [3.05, 3.63) is 31.2 Å². The van der Waals surface area contributed by atoms with Gasteiger partial charge in [0.15, 0.2) is 5.78 Å². The summed E-state index contributed by atoms with van der Waals surface area (Å²) < 4.78 is 2.14. The number of fused-ring (bicyclic) bond motifs is 1. The number of hydrogen-bond acceptors (Lipinski definition) is 1. The lowest BCUT2D eigenvalue weighted by atomic mass is 9.72. The van der Waals surface area contributed by atoms with Crippen LogP contribution in [0.2, 0.25) is 0 Å². The zero-order valence-electron chi connectivity index (χ0n) is 10.6.